The summed E-state index contributed by atoms with van der Waals surface area (Å²) in [5.74, 6) is 0.942. The number of rotatable bonds is 2. The molecule has 0 saturated carbocycles. The lowest BCUT2D eigenvalue weighted by Gasteiger charge is -2.24. The second-order valence-corrected chi connectivity index (χ2v) is 6.03. The minimum atomic E-state index is 0.136. The van der Waals surface area contributed by atoms with E-state index >= 15 is 0 Å². The van der Waals surface area contributed by atoms with Gasteiger partial charge < -0.3 is 15.8 Å². The SMILES string of the molecule is CC1CCCN(c2ccc(/C(N)=N/O)cc2Br)CC1. The molecule has 0 amide bonds. The van der Waals surface area contributed by atoms with Gasteiger partial charge in [0.1, 0.15) is 0 Å². The summed E-state index contributed by atoms with van der Waals surface area (Å²) >= 11 is 3.59. The van der Waals surface area contributed by atoms with Crippen LogP contribution in [0.15, 0.2) is 27.8 Å². The summed E-state index contributed by atoms with van der Waals surface area (Å²) in [7, 11) is 0. The highest BCUT2D eigenvalue weighted by molar-refractivity contribution is 9.10. The van der Waals surface area contributed by atoms with Crippen LogP contribution in [0.3, 0.4) is 0 Å². The molecule has 104 valence electrons. The van der Waals surface area contributed by atoms with Crippen molar-refractivity contribution in [2.75, 3.05) is 18.0 Å². The van der Waals surface area contributed by atoms with E-state index in [1.165, 1.54) is 24.9 Å². The Morgan fingerprint density at radius 2 is 2.21 bits per heavy atom. The molecule has 5 heteroatoms. The Hall–Kier alpha value is -1.23. The van der Waals surface area contributed by atoms with E-state index in [1.54, 1.807) is 0 Å². The van der Waals surface area contributed by atoms with E-state index in [-0.39, 0.29) is 5.84 Å². The van der Waals surface area contributed by atoms with Crippen LogP contribution >= 0.6 is 15.9 Å². The normalized spacial score (nSPS) is 21.3. The van der Waals surface area contributed by atoms with Gasteiger partial charge in [-0.25, -0.2) is 0 Å². The van der Waals surface area contributed by atoms with Gasteiger partial charge in [0.15, 0.2) is 5.84 Å². The number of benzene rings is 1. The maximum atomic E-state index is 8.70. The zero-order valence-corrected chi connectivity index (χ0v) is 12.7. The first kappa shape index (κ1) is 14.2. The monoisotopic (exact) mass is 325 g/mol. The molecule has 0 aromatic heterocycles. The number of anilines is 1. The Morgan fingerprint density at radius 3 is 2.89 bits per heavy atom. The Bertz CT molecular complexity index is 476. The van der Waals surface area contributed by atoms with E-state index in [0.717, 1.165) is 29.0 Å². The predicted molar refractivity (Wildman–Crippen MR) is 81.9 cm³/mol. The lowest BCUT2D eigenvalue weighted by Crippen LogP contribution is -2.24. The van der Waals surface area contributed by atoms with Crippen molar-refractivity contribution < 1.29 is 5.21 Å². The molecule has 1 heterocycles. The second kappa shape index (κ2) is 6.28. The topological polar surface area (TPSA) is 61.8 Å². The van der Waals surface area contributed by atoms with Crippen LogP contribution in [-0.4, -0.2) is 24.1 Å². The number of halogens is 1. The summed E-state index contributed by atoms with van der Waals surface area (Å²) in [6.07, 6.45) is 3.76. The Labute approximate surface area is 122 Å². The van der Waals surface area contributed by atoms with E-state index in [2.05, 4.69) is 32.9 Å². The van der Waals surface area contributed by atoms with Crippen molar-refractivity contribution in [2.24, 2.45) is 16.8 Å². The smallest absolute Gasteiger partial charge is 0.170 e. The molecule has 0 radical (unpaired) electrons. The van der Waals surface area contributed by atoms with Crippen molar-refractivity contribution in [3.8, 4) is 0 Å². The number of nitrogens with two attached hydrogens (primary N) is 1. The van der Waals surface area contributed by atoms with Gasteiger partial charge >= 0.3 is 0 Å². The molecule has 1 aromatic carbocycles. The summed E-state index contributed by atoms with van der Waals surface area (Å²) in [6, 6.07) is 5.83. The maximum absolute atomic E-state index is 8.70. The highest BCUT2D eigenvalue weighted by atomic mass is 79.9. The molecule has 1 saturated heterocycles. The molecule has 1 atom stereocenters. The Kier molecular flexibility index (Phi) is 4.69. The highest BCUT2D eigenvalue weighted by Gasteiger charge is 2.16. The van der Waals surface area contributed by atoms with E-state index < -0.39 is 0 Å². The summed E-state index contributed by atoms with van der Waals surface area (Å²) in [5.41, 5.74) is 7.51. The van der Waals surface area contributed by atoms with Gasteiger partial charge in [0.25, 0.3) is 0 Å². The molecule has 4 nitrogen and oxygen atoms in total. The third-order valence-corrected chi connectivity index (χ3v) is 4.34. The quantitative estimate of drug-likeness (QED) is 0.380. The third-order valence-electron chi connectivity index (χ3n) is 3.71. The fourth-order valence-electron chi connectivity index (χ4n) is 2.48. The summed E-state index contributed by atoms with van der Waals surface area (Å²) in [4.78, 5) is 2.41. The minimum absolute atomic E-state index is 0.136. The predicted octanol–water partition coefficient (Wildman–Crippen LogP) is 3.17. The number of nitrogens with zero attached hydrogens (tertiary/aromatic N) is 2. The summed E-state index contributed by atoms with van der Waals surface area (Å²) in [6.45, 7) is 4.49. The number of oxime groups is 1. The van der Waals surface area contributed by atoms with Gasteiger partial charge in [-0.2, -0.15) is 0 Å². The van der Waals surface area contributed by atoms with Gasteiger partial charge in [-0.1, -0.05) is 12.1 Å². The maximum Gasteiger partial charge on any atom is 0.170 e. The molecule has 1 aliphatic heterocycles. The van der Waals surface area contributed by atoms with Crippen LogP contribution in [0.4, 0.5) is 5.69 Å². The molecule has 0 bridgehead atoms. The zero-order chi connectivity index (χ0) is 13.8. The van der Waals surface area contributed by atoms with Crippen molar-refractivity contribution >= 4 is 27.5 Å². The molecule has 1 aliphatic rings. The van der Waals surface area contributed by atoms with Gasteiger partial charge in [0.05, 0.1) is 5.69 Å². The van der Waals surface area contributed by atoms with Crippen molar-refractivity contribution in [3.05, 3.63) is 28.2 Å². The minimum Gasteiger partial charge on any atom is -0.409 e. The lowest BCUT2D eigenvalue weighted by molar-refractivity contribution is 0.318. The van der Waals surface area contributed by atoms with Crippen LogP contribution in [0.1, 0.15) is 31.7 Å². The Balaban J connectivity index is 2.21. The van der Waals surface area contributed by atoms with Crippen LogP contribution in [0.25, 0.3) is 0 Å². The summed E-state index contributed by atoms with van der Waals surface area (Å²) < 4.78 is 0.992. The van der Waals surface area contributed by atoms with Crippen LogP contribution in [0.2, 0.25) is 0 Å². The summed E-state index contributed by atoms with van der Waals surface area (Å²) in [5, 5.41) is 11.7. The van der Waals surface area contributed by atoms with Gasteiger partial charge in [0, 0.05) is 23.1 Å². The molecular formula is C14H20BrN3O. The van der Waals surface area contributed by atoms with Crippen molar-refractivity contribution in [1.82, 2.24) is 0 Å². The third kappa shape index (κ3) is 3.41. The van der Waals surface area contributed by atoms with E-state index in [9.17, 15) is 0 Å². The molecule has 1 fully saturated rings. The van der Waals surface area contributed by atoms with Crippen LogP contribution < -0.4 is 10.6 Å². The van der Waals surface area contributed by atoms with Gasteiger partial charge in [-0.15, -0.1) is 0 Å². The highest BCUT2D eigenvalue weighted by Crippen LogP contribution is 2.30. The van der Waals surface area contributed by atoms with Crippen LogP contribution in [-0.2, 0) is 0 Å². The lowest BCUT2D eigenvalue weighted by atomic mass is 10.0. The number of hydrogen-bond donors (Lipinski definition) is 2. The Morgan fingerprint density at radius 1 is 1.42 bits per heavy atom. The second-order valence-electron chi connectivity index (χ2n) is 5.17. The molecule has 19 heavy (non-hydrogen) atoms. The van der Waals surface area contributed by atoms with Crippen molar-refractivity contribution in [2.45, 2.75) is 26.2 Å². The van der Waals surface area contributed by atoms with E-state index in [0.29, 0.717) is 0 Å². The molecule has 0 spiro atoms. The number of amidine groups is 1. The molecule has 0 aliphatic carbocycles. The standard InChI is InChI=1S/C14H20BrN3O/c1-10-3-2-7-18(8-6-10)13-5-4-11(9-12(13)15)14(16)17-19/h4-5,9-10,19H,2-3,6-8H2,1H3,(H2,16,17). The number of hydrogen-bond acceptors (Lipinski definition) is 3. The largest absolute Gasteiger partial charge is 0.409 e. The zero-order valence-electron chi connectivity index (χ0n) is 11.1. The molecule has 1 unspecified atom stereocenters. The van der Waals surface area contributed by atoms with Crippen LogP contribution in [0, 0.1) is 5.92 Å². The average molecular weight is 326 g/mol. The van der Waals surface area contributed by atoms with Crippen molar-refractivity contribution in [1.29, 1.82) is 0 Å². The van der Waals surface area contributed by atoms with Crippen LogP contribution in [0.5, 0.6) is 0 Å². The van der Waals surface area contributed by atoms with E-state index in [1.807, 2.05) is 18.2 Å². The fourth-order valence-corrected chi connectivity index (χ4v) is 3.11. The molecular weight excluding hydrogens is 306 g/mol. The molecule has 2 rings (SSSR count). The first-order chi connectivity index (χ1) is 9.11. The molecule has 3 N–H and O–H groups in total. The van der Waals surface area contributed by atoms with Crippen molar-refractivity contribution in [3.63, 3.8) is 0 Å². The molecule has 1 aromatic rings. The average Bonchev–Trinajstić information content (AvgIpc) is 2.62. The first-order valence-electron chi connectivity index (χ1n) is 6.64. The first-order valence-corrected chi connectivity index (χ1v) is 7.43. The van der Waals surface area contributed by atoms with Gasteiger partial charge in [-0.05, 0) is 59.3 Å². The van der Waals surface area contributed by atoms with E-state index in [4.69, 9.17) is 10.9 Å². The van der Waals surface area contributed by atoms with Gasteiger partial charge in [-0.3, -0.25) is 0 Å². The fraction of sp³-hybridized carbons (Fsp3) is 0.500. The van der Waals surface area contributed by atoms with Gasteiger partial charge in [0.2, 0.25) is 0 Å².